The number of aryl methyl sites for hydroxylation is 1. The number of halogens is 1. The van der Waals surface area contributed by atoms with Crippen molar-refractivity contribution < 1.29 is 4.39 Å². The van der Waals surface area contributed by atoms with Crippen LogP contribution in [0.2, 0.25) is 0 Å². The van der Waals surface area contributed by atoms with Crippen LogP contribution in [0.5, 0.6) is 0 Å². The molecule has 0 aliphatic rings. The molecule has 4 nitrogen and oxygen atoms in total. The average Bonchev–Trinajstić information content (AvgIpc) is 3.12. The van der Waals surface area contributed by atoms with Crippen molar-refractivity contribution in [2.45, 2.75) is 30.8 Å². The summed E-state index contributed by atoms with van der Waals surface area (Å²) in [4.78, 5) is 0. The van der Waals surface area contributed by atoms with Gasteiger partial charge in [0.25, 0.3) is 0 Å². The molecule has 0 fully saturated rings. The van der Waals surface area contributed by atoms with Crippen molar-refractivity contribution in [3.05, 3.63) is 65.5 Å². The molecule has 0 radical (unpaired) electrons. The minimum absolute atomic E-state index is 0.204. The molecule has 0 saturated carbocycles. The van der Waals surface area contributed by atoms with E-state index in [4.69, 9.17) is 0 Å². The summed E-state index contributed by atoms with van der Waals surface area (Å²) in [7, 11) is 2.03. The zero-order chi connectivity index (χ0) is 16.2. The third kappa shape index (κ3) is 3.64. The zero-order valence-electron chi connectivity index (χ0n) is 13.2. The maximum atomic E-state index is 13.2. The lowest BCUT2D eigenvalue weighted by Gasteiger charge is -2.08. The molecule has 0 bridgehead atoms. The third-order valence-electron chi connectivity index (χ3n) is 3.76. The second-order valence-electron chi connectivity index (χ2n) is 5.35. The molecule has 1 aromatic carbocycles. The van der Waals surface area contributed by atoms with E-state index in [2.05, 4.69) is 32.3 Å². The Kier molecular flexibility index (Phi) is 4.81. The minimum Gasteiger partial charge on any atom is -0.354 e. The predicted molar refractivity (Wildman–Crippen MR) is 89.9 cm³/mol. The molecule has 0 amide bonds. The average molecular weight is 330 g/mol. The highest BCUT2D eigenvalue weighted by Crippen LogP contribution is 2.23. The summed E-state index contributed by atoms with van der Waals surface area (Å²) in [6.07, 6.45) is 2.78. The Balaban J connectivity index is 1.74. The summed E-state index contributed by atoms with van der Waals surface area (Å²) in [6, 6.07) is 10.8. The van der Waals surface area contributed by atoms with Gasteiger partial charge in [-0.15, -0.1) is 10.2 Å². The van der Waals surface area contributed by atoms with Crippen LogP contribution in [0.25, 0.3) is 0 Å². The first-order valence-electron chi connectivity index (χ1n) is 7.57. The van der Waals surface area contributed by atoms with E-state index in [0.29, 0.717) is 5.75 Å². The summed E-state index contributed by atoms with van der Waals surface area (Å²) in [5, 5.41) is 9.52. The van der Waals surface area contributed by atoms with E-state index in [9.17, 15) is 4.39 Å². The first kappa shape index (κ1) is 15.8. The first-order chi connectivity index (χ1) is 11.2. The Labute approximate surface area is 139 Å². The molecule has 0 aliphatic carbocycles. The summed E-state index contributed by atoms with van der Waals surface area (Å²) in [6.45, 7) is 2.91. The molecule has 0 spiro atoms. The number of hydrogen-bond acceptors (Lipinski definition) is 3. The van der Waals surface area contributed by atoms with Gasteiger partial charge in [0, 0.05) is 37.7 Å². The van der Waals surface area contributed by atoms with E-state index in [1.807, 2.05) is 25.4 Å². The molecule has 23 heavy (non-hydrogen) atoms. The van der Waals surface area contributed by atoms with Gasteiger partial charge in [0.1, 0.15) is 11.6 Å². The Hall–Kier alpha value is -2.08. The van der Waals surface area contributed by atoms with Crippen LogP contribution in [0.1, 0.15) is 24.0 Å². The van der Waals surface area contributed by atoms with Crippen molar-refractivity contribution >= 4 is 11.8 Å². The smallest absolute Gasteiger partial charge is 0.191 e. The quantitative estimate of drug-likeness (QED) is 0.647. The summed E-state index contributed by atoms with van der Waals surface area (Å²) in [5.41, 5.74) is 2.15. The molecule has 0 unspecified atom stereocenters. The van der Waals surface area contributed by atoms with E-state index in [0.717, 1.165) is 29.5 Å². The third-order valence-corrected chi connectivity index (χ3v) is 4.80. The van der Waals surface area contributed by atoms with Crippen molar-refractivity contribution in [3.63, 3.8) is 0 Å². The van der Waals surface area contributed by atoms with Gasteiger partial charge in [0.2, 0.25) is 0 Å². The van der Waals surface area contributed by atoms with Gasteiger partial charge in [-0.05, 0) is 36.8 Å². The Bertz CT molecular complexity index is 793. The van der Waals surface area contributed by atoms with E-state index in [1.165, 1.54) is 11.8 Å². The van der Waals surface area contributed by atoms with Crippen LogP contribution in [0, 0.1) is 5.82 Å². The first-order valence-corrected chi connectivity index (χ1v) is 8.55. The molecule has 0 aliphatic heterocycles. The van der Waals surface area contributed by atoms with E-state index in [-0.39, 0.29) is 5.82 Å². The molecule has 0 atom stereocenters. The normalized spacial score (nSPS) is 11.1. The van der Waals surface area contributed by atoms with Crippen LogP contribution in [0.15, 0.2) is 47.8 Å². The molecule has 6 heteroatoms. The number of aromatic nitrogens is 4. The molecular formula is C17H19FN4S. The molecule has 3 rings (SSSR count). The Morgan fingerprint density at radius 3 is 2.74 bits per heavy atom. The number of nitrogens with zero attached hydrogens (tertiary/aromatic N) is 4. The minimum atomic E-state index is -0.204. The summed E-state index contributed by atoms with van der Waals surface area (Å²) in [5.74, 6) is 1.43. The van der Waals surface area contributed by atoms with Crippen LogP contribution in [-0.2, 0) is 25.8 Å². The van der Waals surface area contributed by atoms with Gasteiger partial charge >= 0.3 is 0 Å². The van der Waals surface area contributed by atoms with Crippen molar-refractivity contribution in [2.24, 2.45) is 7.05 Å². The van der Waals surface area contributed by atoms with E-state index >= 15 is 0 Å². The molecule has 0 N–H and O–H groups in total. The van der Waals surface area contributed by atoms with Crippen molar-refractivity contribution in [1.82, 2.24) is 19.3 Å². The van der Waals surface area contributed by atoms with Crippen molar-refractivity contribution in [2.75, 3.05) is 0 Å². The van der Waals surface area contributed by atoms with Gasteiger partial charge in [-0.25, -0.2) is 4.39 Å². The van der Waals surface area contributed by atoms with Crippen molar-refractivity contribution in [3.8, 4) is 0 Å². The molecule has 2 aromatic heterocycles. The predicted octanol–water partition coefficient (Wildman–Crippen LogP) is 3.66. The van der Waals surface area contributed by atoms with Gasteiger partial charge in [-0.2, -0.15) is 0 Å². The monoisotopic (exact) mass is 330 g/mol. The lowest BCUT2D eigenvalue weighted by atomic mass is 10.2. The van der Waals surface area contributed by atoms with Crippen LogP contribution < -0.4 is 0 Å². The van der Waals surface area contributed by atoms with Gasteiger partial charge in [0.05, 0.1) is 0 Å². The maximum Gasteiger partial charge on any atom is 0.191 e. The maximum absolute atomic E-state index is 13.2. The van der Waals surface area contributed by atoms with E-state index in [1.54, 1.807) is 23.9 Å². The van der Waals surface area contributed by atoms with Crippen LogP contribution in [-0.4, -0.2) is 19.3 Å². The summed E-state index contributed by atoms with van der Waals surface area (Å²) >= 11 is 1.59. The topological polar surface area (TPSA) is 35.6 Å². The Morgan fingerprint density at radius 2 is 2.04 bits per heavy atom. The lowest BCUT2D eigenvalue weighted by Crippen LogP contribution is -2.06. The fraction of sp³-hybridized carbons (Fsp3) is 0.294. The highest BCUT2D eigenvalue weighted by atomic mass is 32.2. The van der Waals surface area contributed by atoms with Crippen LogP contribution >= 0.6 is 11.8 Å². The Morgan fingerprint density at radius 1 is 1.17 bits per heavy atom. The fourth-order valence-electron chi connectivity index (χ4n) is 2.49. The molecule has 2 heterocycles. The lowest BCUT2D eigenvalue weighted by molar-refractivity contribution is 0.626. The van der Waals surface area contributed by atoms with Gasteiger partial charge in [0.15, 0.2) is 5.16 Å². The molecule has 120 valence electrons. The van der Waals surface area contributed by atoms with Gasteiger partial charge in [-0.1, -0.05) is 23.9 Å². The SMILES string of the molecule is CCn1c(Cc2cccn2C)nnc1SCc1cccc(F)c1. The second-order valence-corrected chi connectivity index (χ2v) is 6.29. The number of rotatable bonds is 6. The molecular weight excluding hydrogens is 311 g/mol. The zero-order valence-corrected chi connectivity index (χ0v) is 14.1. The number of thioether (sulfide) groups is 1. The van der Waals surface area contributed by atoms with Crippen LogP contribution in [0.3, 0.4) is 0 Å². The second kappa shape index (κ2) is 7.00. The highest BCUT2D eigenvalue weighted by molar-refractivity contribution is 7.98. The van der Waals surface area contributed by atoms with Crippen molar-refractivity contribution in [1.29, 1.82) is 0 Å². The molecule has 3 aromatic rings. The van der Waals surface area contributed by atoms with Gasteiger partial charge in [-0.3, -0.25) is 0 Å². The van der Waals surface area contributed by atoms with Crippen LogP contribution in [0.4, 0.5) is 4.39 Å². The largest absolute Gasteiger partial charge is 0.354 e. The number of benzene rings is 1. The van der Waals surface area contributed by atoms with Gasteiger partial charge < -0.3 is 9.13 Å². The number of hydrogen-bond donors (Lipinski definition) is 0. The van der Waals surface area contributed by atoms with E-state index < -0.39 is 0 Å². The summed E-state index contributed by atoms with van der Waals surface area (Å²) < 4.78 is 17.5. The highest BCUT2D eigenvalue weighted by Gasteiger charge is 2.13. The fourth-order valence-corrected chi connectivity index (χ4v) is 3.46. The standard InChI is InChI=1S/C17H19FN4S/c1-3-22-16(11-15-8-5-9-21(15)2)19-20-17(22)23-12-13-6-4-7-14(18)10-13/h4-10H,3,11-12H2,1-2H3. The molecule has 0 saturated heterocycles.